The maximum Gasteiger partial charge on any atom is 0.346 e. The third kappa shape index (κ3) is 3.12. The van der Waals surface area contributed by atoms with Crippen LogP contribution < -0.4 is 11.3 Å². The summed E-state index contributed by atoms with van der Waals surface area (Å²) in [6, 6.07) is 8.50. The summed E-state index contributed by atoms with van der Waals surface area (Å²) in [6.45, 7) is 1.76. The monoisotopic (exact) mass is 366 g/mol. The van der Waals surface area contributed by atoms with Gasteiger partial charge in [0.2, 0.25) is 5.89 Å². The van der Waals surface area contributed by atoms with Gasteiger partial charge in [-0.25, -0.2) is 19.6 Å². The Morgan fingerprint density at radius 3 is 2.07 bits per heavy atom. The van der Waals surface area contributed by atoms with Gasteiger partial charge in [0.25, 0.3) is 0 Å². The van der Waals surface area contributed by atoms with E-state index in [0.717, 1.165) is 0 Å². The molecule has 0 aliphatic rings. The van der Waals surface area contributed by atoms with E-state index < -0.39 is 11.3 Å². The number of nitrogens with zero attached hydrogens (tertiary/aromatic N) is 2. The fourth-order valence-corrected chi connectivity index (χ4v) is 2.83. The Kier molecular flexibility index (Phi) is 3.88. The second-order valence-electron chi connectivity index (χ2n) is 6.24. The van der Waals surface area contributed by atoms with Crippen molar-refractivity contribution in [2.75, 3.05) is 0 Å². The highest BCUT2D eigenvalue weighted by Gasteiger charge is 2.17. The number of aromatic nitrogens is 2. The van der Waals surface area contributed by atoms with E-state index in [4.69, 9.17) is 8.83 Å². The van der Waals surface area contributed by atoms with Gasteiger partial charge in [-0.3, -0.25) is 0 Å². The van der Waals surface area contributed by atoms with E-state index in [-0.39, 0.29) is 46.4 Å². The third-order valence-corrected chi connectivity index (χ3v) is 4.19. The Morgan fingerprint density at radius 2 is 1.44 bits per heavy atom. The first kappa shape index (κ1) is 16.8. The van der Waals surface area contributed by atoms with Crippen LogP contribution in [-0.4, -0.2) is 20.2 Å². The Balaban J connectivity index is 1.71. The molecule has 2 aromatic carbocycles. The average molecular weight is 366 g/mol. The van der Waals surface area contributed by atoms with Crippen LogP contribution in [0.1, 0.15) is 24.6 Å². The van der Waals surface area contributed by atoms with Crippen molar-refractivity contribution in [1.29, 1.82) is 0 Å². The van der Waals surface area contributed by atoms with Crippen molar-refractivity contribution >= 4 is 21.8 Å². The minimum atomic E-state index is -0.610. The zero-order chi connectivity index (χ0) is 19.1. The van der Waals surface area contributed by atoms with Crippen LogP contribution >= 0.6 is 0 Å². The first-order valence-corrected chi connectivity index (χ1v) is 8.17. The Bertz CT molecular complexity index is 1290. The lowest BCUT2D eigenvalue weighted by Crippen LogP contribution is -2.11. The summed E-state index contributed by atoms with van der Waals surface area (Å²) in [7, 11) is 0. The molecule has 2 aromatic heterocycles. The lowest BCUT2D eigenvalue weighted by Gasteiger charge is -2.09. The number of aromatic hydroxyl groups is 2. The number of fused-ring (bicyclic) bond motifs is 2. The molecule has 4 rings (SSSR count). The Labute approximate surface area is 151 Å². The summed E-state index contributed by atoms with van der Waals surface area (Å²) in [6.07, 6.45) is 0.186. The van der Waals surface area contributed by atoms with Gasteiger partial charge in [-0.05, 0) is 36.4 Å². The van der Waals surface area contributed by atoms with Crippen molar-refractivity contribution in [1.82, 2.24) is 9.97 Å². The predicted molar refractivity (Wildman–Crippen MR) is 96.0 cm³/mol. The topological polar surface area (TPSA) is 127 Å². The number of phenols is 2. The molecule has 27 heavy (non-hydrogen) atoms. The van der Waals surface area contributed by atoms with Gasteiger partial charge in [-0.1, -0.05) is 6.92 Å². The molecule has 8 heteroatoms. The highest BCUT2D eigenvalue weighted by Crippen LogP contribution is 2.22. The van der Waals surface area contributed by atoms with Crippen molar-refractivity contribution in [3.8, 4) is 11.5 Å². The average Bonchev–Trinajstić information content (AvgIpc) is 2.63. The van der Waals surface area contributed by atoms with Crippen LogP contribution in [0.3, 0.4) is 0 Å². The Morgan fingerprint density at radius 1 is 0.889 bits per heavy atom. The Hall–Kier alpha value is -3.68. The normalized spacial score (nSPS) is 12.5. The van der Waals surface area contributed by atoms with Gasteiger partial charge in [0.05, 0.1) is 21.8 Å². The summed E-state index contributed by atoms with van der Waals surface area (Å²) in [5, 5.41) is 19.3. The summed E-state index contributed by atoms with van der Waals surface area (Å²) in [4.78, 5) is 32.8. The first-order valence-electron chi connectivity index (χ1n) is 8.17. The molecule has 2 N–H and O–H groups in total. The van der Waals surface area contributed by atoms with Crippen molar-refractivity contribution in [3.05, 3.63) is 69.0 Å². The van der Waals surface area contributed by atoms with Crippen LogP contribution in [0.15, 0.2) is 54.8 Å². The number of hydrogen-bond acceptors (Lipinski definition) is 8. The van der Waals surface area contributed by atoms with Gasteiger partial charge in [0, 0.05) is 12.3 Å². The molecule has 0 saturated carbocycles. The molecule has 0 aliphatic heterocycles. The van der Waals surface area contributed by atoms with Gasteiger partial charge in [0.15, 0.2) is 5.89 Å². The number of hydrogen-bond donors (Lipinski definition) is 2. The van der Waals surface area contributed by atoms with E-state index in [9.17, 15) is 19.8 Å². The van der Waals surface area contributed by atoms with E-state index in [2.05, 4.69) is 9.97 Å². The minimum absolute atomic E-state index is 0.0501. The fraction of sp³-hybridized carbons (Fsp3) is 0.158. The molecule has 0 spiro atoms. The van der Waals surface area contributed by atoms with Gasteiger partial charge in [0.1, 0.15) is 11.5 Å². The minimum Gasteiger partial charge on any atom is -0.508 e. The molecular formula is C19H14N2O6. The summed E-state index contributed by atoms with van der Waals surface area (Å²) >= 11 is 0. The zero-order valence-corrected chi connectivity index (χ0v) is 14.2. The quantitative estimate of drug-likeness (QED) is 0.566. The molecule has 0 amide bonds. The van der Waals surface area contributed by atoms with Gasteiger partial charge >= 0.3 is 11.3 Å². The molecule has 136 valence electrons. The van der Waals surface area contributed by atoms with Gasteiger partial charge in [-0.15, -0.1) is 0 Å². The highest BCUT2D eigenvalue weighted by atomic mass is 16.4. The van der Waals surface area contributed by atoms with Crippen LogP contribution in [0.4, 0.5) is 0 Å². The van der Waals surface area contributed by atoms with Crippen LogP contribution in [-0.2, 0) is 6.42 Å². The fourth-order valence-electron chi connectivity index (χ4n) is 2.83. The van der Waals surface area contributed by atoms with E-state index in [1.165, 1.54) is 36.4 Å². The van der Waals surface area contributed by atoms with E-state index in [1.807, 2.05) is 0 Å². The lowest BCUT2D eigenvalue weighted by molar-refractivity contribution is 0.380. The van der Waals surface area contributed by atoms with E-state index in [1.54, 1.807) is 6.92 Å². The summed E-state index contributed by atoms with van der Waals surface area (Å²) in [5.41, 5.74) is -0.424. The number of benzene rings is 2. The standard InChI is InChI=1S/C19H14N2O6/c1-9(17-21-15-5-3-11(23)8-13(15)19(25)27-17)6-16-20-14-4-2-10(22)7-12(14)18(24)26-16/h2-5,7-9,22-23H,6H2,1H3. The molecule has 0 bridgehead atoms. The second-order valence-corrected chi connectivity index (χ2v) is 6.24. The molecule has 2 heterocycles. The molecule has 8 nitrogen and oxygen atoms in total. The second kappa shape index (κ2) is 6.24. The van der Waals surface area contributed by atoms with Gasteiger partial charge < -0.3 is 19.0 Å². The highest BCUT2D eigenvalue weighted by molar-refractivity contribution is 5.79. The number of phenolic OH excluding ortho intramolecular Hbond substituents is 2. The van der Waals surface area contributed by atoms with Crippen molar-refractivity contribution < 1.29 is 19.0 Å². The largest absolute Gasteiger partial charge is 0.508 e. The van der Waals surface area contributed by atoms with E-state index >= 15 is 0 Å². The first-order chi connectivity index (χ1) is 12.9. The maximum atomic E-state index is 12.1. The molecule has 1 atom stereocenters. The number of rotatable bonds is 3. The molecule has 0 fully saturated rings. The lowest BCUT2D eigenvalue weighted by atomic mass is 10.1. The zero-order valence-electron chi connectivity index (χ0n) is 14.2. The molecule has 1 unspecified atom stereocenters. The maximum absolute atomic E-state index is 12.1. The van der Waals surface area contributed by atoms with Crippen molar-refractivity contribution in [2.45, 2.75) is 19.3 Å². The smallest absolute Gasteiger partial charge is 0.346 e. The van der Waals surface area contributed by atoms with Crippen LogP contribution in [0.5, 0.6) is 11.5 Å². The van der Waals surface area contributed by atoms with Crippen LogP contribution in [0, 0.1) is 0 Å². The third-order valence-electron chi connectivity index (χ3n) is 4.19. The van der Waals surface area contributed by atoms with Crippen molar-refractivity contribution in [2.24, 2.45) is 0 Å². The van der Waals surface area contributed by atoms with Crippen LogP contribution in [0.25, 0.3) is 21.8 Å². The molecule has 0 saturated heterocycles. The van der Waals surface area contributed by atoms with E-state index in [0.29, 0.717) is 11.0 Å². The molecule has 4 aromatic rings. The molecule has 0 radical (unpaired) electrons. The predicted octanol–water partition coefficient (Wildman–Crippen LogP) is 2.45. The SMILES string of the molecule is CC(Cc1nc2ccc(O)cc2c(=O)o1)c1nc2ccc(O)cc2c(=O)o1. The van der Waals surface area contributed by atoms with Crippen LogP contribution in [0.2, 0.25) is 0 Å². The summed E-state index contributed by atoms with van der Waals surface area (Å²) in [5.74, 6) is -0.146. The molecule has 0 aliphatic carbocycles. The van der Waals surface area contributed by atoms with Crippen molar-refractivity contribution in [3.63, 3.8) is 0 Å². The summed E-state index contributed by atoms with van der Waals surface area (Å²) < 4.78 is 10.5. The molecular weight excluding hydrogens is 352 g/mol. The van der Waals surface area contributed by atoms with Gasteiger partial charge in [-0.2, -0.15) is 0 Å².